The Morgan fingerprint density at radius 1 is 1.25 bits per heavy atom. The number of hydrogen-bond donors (Lipinski definition) is 1. The summed E-state index contributed by atoms with van der Waals surface area (Å²) in [6.45, 7) is 12.8. The third-order valence-corrected chi connectivity index (χ3v) is 4.84. The monoisotopic (exact) mass is 274 g/mol. The molecule has 1 fully saturated rings. The Hall–Kier alpha value is -0.860. The predicted molar refractivity (Wildman–Crippen MR) is 87.0 cm³/mol. The first kappa shape index (κ1) is 15.5. The van der Waals surface area contributed by atoms with E-state index in [-0.39, 0.29) is 0 Å². The fourth-order valence-corrected chi connectivity index (χ4v) is 3.34. The standard InChI is InChI=1S/C18H30N2/c1-5-20-11-9-17(10-12-20)15(3)19-16(4)18-8-6-7-14(2)13-18/h6-8,13,15-17,19H,5,9-12H2,1-4H3/t15?,16-/m1/s1. The molecule has 0 radical (unpaired) electrons. The van der Waals surface area contributed by atoms with E-state index in [2.05, 4.69) is 62.2 Å². The van der Waals surface area contributed by atoms with Crippen molar-refractivity contribution in [2.75, 3.05) is 19.6 Å². The molecule has 112 valence electrons. The summed E-state index contributed by atoms with van der Waals surface area (Å²) in [5.41, 5.74) is 2.75. The van der Waals surface area contributed by atoms with Crippen molar-refractivity contribution in [2.45, 2.75) is 52.6 Å². The molecule has 0 aliphatic carbocycles. The summed E-state index contributed by atoms with van der Waals surface area (Å²) in [6, 6.07) is 9.90. The predicted octanol–water partition coefficient (Wildman–Crippen LogP) is 3.77. The minimum Gasteiger partial charge on any atom is -0.307 e. The molecular weight excluding hydrogens is 244 g/mol. The van der Waals surface area contributed by atoms with Gasteiger partial charge in [0.05, 0.1) is 0 Å². The van der Waals surface area contributed by atoms with Crippen molar-refractivity contribution in [1.82, 2.24) is 10.2 Å². The van der Waals surface area contributed by atoms with Crippen LogP contribution in [0.5, 0.6) is 0 Å². The van der Waals surface area contributed by atoms with Gasteiger partial charge in [-0.15, -0.1) is 0 Å². The number of hydrogen-bond acceptors (Lipinski definition) is 2. The van der Waals surface area contributed by atoms with Crippen LogP contribution >= 0.6 is 0 Å². The Balaban J connectivity index is 1.86. The van der Waals surface area contributed by atoms with Gasteiger partial charge < -0.3 is 10.2 Å². The van der Waals surface area contributed by atoms with Gasteiger partial charge in [0.2, 0.25) is 0 Å². The summed E-state index contributed by atoms with van der Waals surface area (Å²) >= 11 is 0. The third kappa shape index (κ3) is 4.07. The van der Waals surface area contributed by atoms with Crippen molar-refractivity contribution in [2.24, 2.45) is 5.92 Å². The van der Waals surface area contributed by atoms with Crippen LogP contribution in [0.25, 0.3) is 0 Å². The van der Waals surface area contributed by atoms with Crippen LogP contribution in [-0.4, -0.2) is 30.6 Å². The van der Waals surface area contributed by atoms with Gasteiger partial charge in [-0.2, -0.15) is 0 Å². The molecular formula is C18H30N2. The Labute approximate surface area is 124 Å². The first-order valence-electron chi connectivity index (χ1n) is 8.15. The van der Waals surface area contributed by atoms with E-state index in [0.717, 1.165) is 5.92 Å². The Bertz CT molecular complexity index is 408. The second kappa shape index (κ2) is 7.24. The van der Waals surface area contributed by atoms with E-state index >= 15 is 0 Å². The van der Waals surface area contributed by atoms with Crippen LogP contribution in [0.3, 0.4) is 0 Å². The van der Waals surface area contributed by atoms with Crippen LogP contribution in [0, 0.1) is 12.8 Å². The van der Waals surface area contributed by atoms with Gasteiger partial charge in [-0.3, -0.25) is 0 Å². The molecule has 1 aliphatic rings. The van der Waals surface area contributed by atoms with Crippen molar-refractivity contribution in [3.63, 3.8) is 0 Å². The van der Waals surface area contributed by atoms with E-state index in [1.165, 1.54) is 43.6 Å². The zero-order valence-electron chi connectivity index (χ0n) is 13.5. The molecule has 1 aliphatic heterocycles. The van der Waals surface area contributed by atoms with Gasteiger partial charge in [0.1, 0.15) is 0 Å². The van der Waals surface area contributed by atoms with E-state index in [9.17, 15) is 0 Å². The second-order valence-electron chi connectivity index (χ2n) is 6.36. The zero-order valence-corrected chi connectivity index (χ0v) is 13.5. The van der Waals surface area contributed by atoms with E-state index < -0.39 is 0 Å². The molecule has 0 spiro atoms. The maximum atomic E-state index is 3.81. The molecule has 20 heavy (non-hydrogen) atoms. The van der Waals surface area contributed by atoms with Crippen LogP contribution < -0.4 is 5.32 Å². The summed E-state index contributed by atoms with van der Waals surface area (Å²) in [7, 11) is 0. The fourth-order valence-electron chi connectivity index (χ4n) is 3.34. The molecule has 1 saturated heterocycles. The molecule has 0 amide bonds. The van der Waals surface area contributed by atoms with Crippen LogP contribution in [-0.2, 0) is 0 Å². The SMILES string of the molecule is CCN1CCC(C(C)N[C@H](C)c2cccc(C)c2)CC1. The lowest BCUT2D eigenvalue weighted by atomic mass is 9.89. The molecule has 2 atom stereocenters. The topological polar surface area (TPSA) is 15.3 Å². The fraction of sp³-hybridized carbons (Fsp3) is 0.667. The Kier molecular flexibility index (Phi) is 5.62. The van der Waals surface area contributed by atoms with Crippen molar-refractivity contribution in [3.05, 3.63) is 35.4 Å². The average Bonchev–Trinajstić information content (AvgIpc) is 2.47. The molecule has 1 aromatic carbocycles. The first-order valence-corrected chi connectivity index (χ1v) is 8.15. The molecule has 1 heterocycles. The maximum absolute atomic E-state index is 3.81. The smallest absolute Gasteiger partial charge is 0.0294 e. The number of benzene rings is 1. The number of aryl methyl sites for hydroxylation is 1. The van der Waals surface area contributed by atoms with Crippen LogP contribution in [0.2, 0.25) is 0 Å². The quantitative estimate of drug-likeness (QED) is 0.879. The lowest BCUT2D eigenvalue weighted by Gasteiger charge is -2.35. The van der Waals surface area contributed by atoms with Gasteiger partial charge in [-0.1, -0.05) is 36.8 Å². The van der Waals surface area contributed by atoms with Crippen LogP contribution in [0.1, 0.15) is 50.8 Å². The number of likely N-dealkylation sites (tertiary alicyclic amines) is 1. The second-order valence-corrected chi connectivity index (χ2v) is 6.36. The molecule has 0 aromatic heterocycles. The van der Waals surface area contributed by atoms with Gasteiger partial charge in [0.25, 0.3) is 0 Å². The Morgan fingerprint density at radius 3 is 2.55 bits per heavy atom. The highest BCUT2D eigenvalue weighted by atomic mass is 15.1. The minimum absolute atomic E-state index is 0.439. The molecule has 2 nitrogen and oxygen atoms in total. The highest BCUT2D eigenvalue weighted by molar-refractivity contribution is 5.24. The highest BCUT2D eigenvalue weighted by Gasteiger charge is 2.24. The molecule has 2 heteroatoms. The lowest BCUT2D eigenvalue weighted by Crippen LogP contribution is -2.42. The summed E-state index contributed by atoms with van der Waals surface area (Å²) < 4.78 is 0. The molecule has 1 unspecified atom stereocenters. The number of rotatable bonds is 5. The summed E-state index contributed by atoms with van der Waals surface area (Å²) in [5.74, 6) is 0.824. The number of nitrogens with one attached hydrogen (secondary N) is 1. The molecule has 1 aromatic rings. The third-order valence-electron chi connectivity index (χ3n) is 4.84. The largest absolute Gasteiger partial charge is 0.307 e. The number of nitrogens with zero attached hydrogens (tertiary/aromatic N) is 1. The normalized spacial score (nSPS) is 20.8. The van der Waals surface area contributed by atoms with Gasteiger partial charge in [0.15, 0.2) is 0 Å². The van der Waals surface area contributed by atoms with Gasteiger partial charge in [0, 0.05) is 12.1 Å². The summed E-state index contributed by atoms with van der Waals surface area (Å²) in [6.07, 6.45) is 2.67. The van der Waals surface area contributed by atoms with Crippen molar-refractivity contribution >= 4 is 0 Å². The number of piperidine rings is 1. The van der Waals surface area contributed by atoms with Crippen LogP contribution in [0.4, 0.5) is 0 Å². The minimum atomic E-state index is 0.439. The van der Waals surface area contributed by atoms with E-state index in [1.807, 2.05) is 0 Å². The first-order chi connectivity index (χ1) is 9.60. The zero-order chi connectivity index (χ0) is 14.5. The van der Waals surface area contributed by atoms with E-state index in [4.69, 9.17) is 0 Å². The summed E-state index contributed by atoms with van der Waals surface area (Å²) in [5, 5.41) is 3.81. The van der Waals surface area contributed by atoms with Crippen molar-refractivity contribution < 1.29 is 0 Å². The van der Waals surface area contributed by atoms with E-state index in [1.54, 1.807) is 0 Å². The van der Waals surface area contributed by atoms with E-state index in [0.29, 0.717) is 12.1 Å². The molecule has 2 rings (SSSR count). The van der Waals surface area contributed by atoms with Crippen LogP contribution in [0.15, 0.2) is 24.3 Å². The van der Waals surface area contributed by atoms with Gasteiger partial charge in [-0.25, -0.2) is 0 Å². The summed E-state index contributed by atoms with van der Waals surface area (Å²) in [4.78, 5) is 2.56. The van der Waals surface area contributed by atoms with Gasteiger partial charge >= 0.3 is 0 Å². The van der Waals surface area contributed by atoms with Gasteiger partial charge in [-0.05, 0) is 64.7 Å². The average molecular weight is 274 g/mol. The molecule has 1 N–H and O–H groups in total. The molecule has 0 saturated carbocycles. The lowest BCUT2D eigenvalue weighted by molar-refractivity contribution is 0.165. The maximum Gasteiger partial charge on any atom is 0.0294 e. The van der Waals surface area contributed by atoms with Crippen molar-refractivity contribution in [3.8, 4) is 0 Å². The molecule has 0 bridgehead atoms. The highest BCUT2D eigenvalue weighted by Crippen LogP contribution is 2.23. The van der Waals surface area contributed by atoms with Crippen molar-refractivity contribution in [1.29, 1.82) is 0 Å². The Morgan fingerprint density at radius 2 is 1.95 bits per heavy atom.